The molecule has 0 aliphatic rings. The smallest absolute Gasteiger partial charge is 0.337 e. The van der Waals surface area contributed by atoms with Crippen molar-refractivity contribution in [2.45, 2.75) is 20.4 Å². The predicted octanol–water partition coefficient (Wildman–Crippen LogP) is 3.07. The first-order chi connectivity index (χ1) is 8.58. The van der Waals surface area contributed by atoms with Crippen molar-refractivity contribution in [2.75, 3.05) is 5.32 Å². The summed E-state index contributed by atoms with van der Waals surface area (Å²) in [4.78, 5) is 16.4. The van der Waals surface area contributed by atoms with E-state index in [1.807, 2.05) is 19.9 Å². The Morgan fingerprint density at radius 1 is 1.44 bits per heavy atom. The Labute approximate surface area is 109 Å². The van der Waals surface area contributed by atoms with Crippen LogP contribution in [0.5, 0.6) is 0 Å². The zero-order valence-electron chi connectivity index (χ0n) is 10.2. The number of hydrogen-bond acceptors (Lipinski definition) is 4. The Bertz CT molecular complexity index is 578. The van der Waals surface area contributed by atoms with Crippen LogP contribution in [0.4, 0.5) is 5.69 Å². The molecule has 0 unspecified atom stereocenters. The van der Waals surface area contributed by atoms with Crippen molar-refractivity contribution >= 4 is 23.0 Å². The van der Waals surface area contributed by atoms with E-state index in [1.165, 1.54) is 0 Å². The van der Waals surface area contributed by atoms with Crippen LogP contribution >= 0.6 is 11.3 Å². The fraction of sp³-hybridized carbons (Fsp3) is 0.231. The quantitative estimate of drug-likeness (QED) is 0.889. The highest BCUT2D eigenvalue weighted by molar-refractivity contribution is 7.09. The van der Waals surface area contributed by atoms with Crippen molar-refractivity contribution in [2.24, 2.45) is 0 Å². The third-order valence-electron chi connectivity index (χ3n) is 2.69. The second kappa shape index (κ2) is 5.18. The fourth-order valence-electron chi connectivity index (χ4n) is 1.66. The van der Waals surface area contributed by atoms with Gasteiger partial charge in [0.25, 0.3) is 0 Å². The Morgan fingerprint density at radius 3 is 2.83 bits per heavy atom. The summed E-state index contributed by atoms with van der Waals surface area (Å²) in [5, 5.41) is 12.3. The molecule has 1 aromatic carbocycles. The molecular weight excluding hydrogens is 248 g/mol. The van der Waals surface area contributed by atoms with Crippen LogP contribution in [0.25, 0.3) is 0 Å². The molecular formula is C13H14N2O2S. The van der Waals surface area contributed by atoms with Crippen LogP contribution in [0.2, 0.25) is 0 Å². The van der Waals surface area contributed by atoms with E-state index in [9.17, 15) is 4.79 Å². The van der Waals surface area contributed by atoms with Crippen molar-refractivity contribution < 1.29 is 9.90 Å². The van der Waals surface area contributed by atoms with E-state index in [-0.39, 0.29) is 0 Å². The number of carboxylic acid groups (broad SMARTS) is 1. The number of benzene rings is 1. The van der Waals surface area contributed by atoms with Crippen LogP contribution in [0, 0.1) is 13.8 Å². The molecule has 0 radical (unpaired) electrons. The first-order valence-electron chi connectivity index (χ1n) is 5.54. The van der Waals surface area contributed by atoms with Gasteiger partial charge in [-0.15, -0.1) is 11.3 Å². The number of anilines is 1. The Balaban J connectivity index is 2.20. The van der Waals surface area contributed by atoms with Crippen LogP contribution < -0.4 is 5.32 Å². The second-order valence-corrected chi connectivity index (χ2v) is 5.01. The van der Waals surface area contributed by atoms with Crippen LogP contribution in [0.1, 0.15) is 26.5 Å². The van der Waals surface area contributed by atoms with Gasteiger partial charge in [-0.25, -0.2) is 9.78 Å². The summed E-state index contributed by atoms with van der Waals surface area (Å²) < 4.78 is 0. The molecule has 0 amide bonds. The van der Waals surface area contributed by atoms with Gasteiger partial charge in [-0.05, 0) is 31.5 Å². The lowest BCUT2D eigenvalue weighted by molar-refractivity contribution is 0.0698. The minimum Gasteiger partial charge on any atom is -0.478 e. The van der Waals surface area contributed by atoms with Gasteiger partial charge in [-0.2, -0.15) is 0 Å². The van der Waals surface area contributed by atoms with Crippen LogP contribution in [-0.4, -0.2) is 16.1 Å². The molecule has 94 valence electrons. The summed E-state index contributed by atoms with van der Waals surface area (Å²) in [6.45, 7) is 4.48. The number of nitrogens with zero attached hydrogens (tertiary/aromatic N) is 1. The van der Waals surface area contributed by atoms with Gasteiger partial charge in [0.2, 0.25) is 0 Å². The second-order valence-electron chi connectivity index (χ2n) is 4.07. The standard InChI is InChI=1S/C13H14N2O2S/c1-8-3-4-10(13(16)17)11(5-8)14-6-12-9(2)15-7-18-12/h3-5,7,14H,6H2,1-2H3,(H,16,17). The number of hydrogen-bond donors (Lipinski definition) is 2. The third-order valence-corrected chi connectivity index (χ3v) is 3.62. The largest absolute Gasteiger partial charge is 0.478 e. The molecule has 2 N–H and O–H groups in total. The van der Waals surface area contributed by atoms with E-state index >= 15 is 0 Å². The number of nitrogens with one attached hydrogen (secondary N) is 1. The molecule has 2 rings (SSSR count). The number of aryl methyl sites for hydroxylation is 2. The number of thiazole rings is 1. The Kier molecular flexibility index (Phi) is 3.62. The molecule has 0 fully saturated rings. The van der Waals surface area contributed by atoms with Gasteiger partial charge >= 0.3 is 5.97 Å². The highest BCUT2D eigenvalue weighted by atomic mass is 32.1. The highest BCUT2D eigenvalue weighted by Crippen LogP contribution is 2.20. The van der Waals surface area contributed by atoms with E-state index in [1.54, 1.807) is 29.0 Å². The topological polar surface area (TPSA) is 62.2 Å². The monoisotopic (exact) mass is 262 g/mol. The van der Waals surface area contributed by atoms with Crippen molar-refractivity contribution in [3.8, 4) is 0 Å². The first-order valence-corrected chi connectivity index (χ1v) is 6.42. The zero-order valence-corrected chi connectivity index (χ0v) is 11.0. The van der Waals surface area contributed by atoms with Gasteiger partial charge in [0.1, 0.15) is 0 Å². The summed E-state index contributed by atoms with van der Waals surface area (Å²) in [5.74, 6) is -0.918. The van der Waals surface area contributed by atoms with Gasteiger partial charge < -0.3 is 10.4 Å². The molecule has 0 atom stereocenters. The summed E-state index contributed by atoms with van der Waals surface area (Å²) in [6, 6.07) is 5.27. The molecule has 2 aromatic rings. The molecule has 0 bridgehead atoms. The van der Waals surface area contributed by atoms with Gasteiger partial charge in [0, 0.05) is 10.6 Å². The SMILES string of the molecule is Cc1ccc(C(=O)O)c(NCc2scnc2C)c1. The maximum atomic E-state index is 11.1. The zero-order chi connectivity index (χ0) is 13.1. The van der Waals surface area contributed by atoms with Gasteiger partial charge in [0.15, 0.2) is 0 Å². The fourth-order valence-corrected chi connectivity index (χ4v) is 2.38. The summed E-state index contributed by atoms with van der Waals surface area (Å²) in [5.41, 5.74) is 4.75. The summed E-state index contributed by atoms with van der Waals surface area (Å²) in [6.07, 6.45) is 0. The lowest BCUT2D eigenvalue weighted by Crippen LogP contribution is -2.06. The molecule has 0 aliphatic carbocycles. The average Bonchev–Trinajstić information content (AvgIpc) is 2.72. The Hall–Kier alpha value is -1.88. The van der Waals surface area contributed by atoms with Crippen molar-refractivity contribution in [3.63, 3.8) is 0 Å². The van der Waals surface area contributed by atoms with Crippen LogP contribution in [0.15, 0.2) is 23.7 Å². The maximum absolute atomic E-state index is 11.1. The van der Waals surface area contributed by atoms with Crippen molar-refractivity contribution in [1.82, 2.24) is 4.98 Å². The number of aromatic nitrogens is 1. The van der Waals surface area contributed by atoms with E-state index in [0.717, 1.165) is 16.1 Å². The van der Waals surface area contributed by atoms with Gasteiger partial charge in [-0.1, -0.05) is 6.07 Å². The molecule has 4 nitrogen and oxygen atoms in total. The number of rotatable bonds is 4. The normalized spacial score (nSPS) is 10.3. The molecule has 1 aromatic heterocycles. The van der Waals surface area contributed by atoms with Crippen molar-refractivity contribution in [3.05, 3.63) is 45.4 Å². The highest BCUT2D eigenvalue weighted by Gasteiger charge is 2.10. The van der Waals surface area contributed by atoms with E-state index in [0.29, 0.717) is 17.8 Å². The van der Waals surface area contributed by atoms with E-state index < -0.39 is 5.97 Å². The van der Waals surface area contributed by atoms with E-state index in [2.05, 4.69) is 10.3 Å². The Morgan fingerprint density at radius 2 is 2.22 bits per heavy atom. The minimum absolute atomic E-state index is 0.294. The number of carbonyl (C=O) groups is 1. The van der Waals surface area contributed by atoms with E-state index in [4.69, 9.17) is 5.11 Å². The number of carboxylic acids is 1. The third kappa shape index (κ3) is 2.68. The molecule has 0 spiro atoms. The lowest BCUT2D eigenvalue weighted by Gasteiger charge is -2.10. The predicted molar refractivity (Wildman–Crippen MR) is 72.3 cm³/mol. The molecule has 5 heteroatoms. The van der Waals surface area contributed by atoms with Crippen LogP contribution in [-0.2, 0) is 6.54 Å². The van der Waals surface area contributed by atoms with Crippen LogP contribution in [0.3, 0.4) is 0 Å². The van der Waals surface area contributed by atoms with Crippen molar-refractivity contribution in [1.29, 1.82) is 0 Å². The lowest BCUT2D eigenvalue weighted by atomic mass is 10.1. The number of aromatic carboxylic acids is 1. The van der Waals surface area contributed by atoms with Gasteiger partial charge in [-0.3, -0.25) is 0 Å². The molecule has 1 heterocycles. The maximum Gasteiger partial charge on any atom is 0.337 e. The molecule has 0 aliphatic heterocycles. The average molecular weight is 262 g/mol. The first kappa shape index (κ1) is 12.6. The molecule has 0 saturated carbocycles. The molecule has 18 heavy (non-hydrogen) atoms. The minimum atomic E-state index is -0.918. The summed E-state index contributed by atoms with van der Waals surface area (Å²) in [7, 11) is 0. The summed E-state index contributed by atoms with van der Waals surface area (Å²) >= 11 is 1.57. The van der Waals surface area contributed by atoms with Gasteiger partial charge in [0.05, 0.1) is 23.3 Å². The molecule has 0 saturated heterocycles.